The Kier molecular flexibility index (Phi) is 3.68. The third kappa shape index (κ3) is 2.51. The Morgan fingerprint density at radius 2 is 2.25 bits per heavy atom. The number of hydrogen-bond acceptors (Lipinski definition) is 3. The molecule has 2 aliphatic rings. The average Bonchev–Trinajstić information content (AvgIpc) is 3.26. The minimum absolute atomic E-state index is 0.0562. The number of imidazole rings is 1. The number of fused-ring (bicyclic) bond motifs is 1. The first-order valence-corrected chi connectivity index (χ1v) is 8.21. The van der Waals surface area contributed by atoms with Crippen molar-refractivity contribution in [2.75, 3.05) is 11.9 Å². The second kappa shape index (κ2) is 5.99. The first-order chi connectivity index (χ1) is 11.7. The minimum Gasteiger partial charge on any atom is -0.348 e. The first-order valence-electron chi connectivity index (χ1n) is 8.21. The number of benzene rings is 1. The molecular formula is C17H19N5O2. The zero-order valence-corrected chi connectivity index (χ0v) is 13.2. The van der Waals surface area contributed by atoms with Gasteiger partial charge in [-0.1, -0.05) is 12.1 Å². The Labute approximate surface area is 139 Å². The highest BCUT2D eigenvalue weighted by Crippen LogP contribution is 2.30. The lowest BCUT2D eigenvalue weighted by Crippen LogP contribution is -2.41. The molecule has 4 rings (SSSR count). The van der Waals surface area contributed by atoms with Crippen molar-refractivity contribution in [3.63, 3.8) is 0 Å². The van der Waals surface area contributed by atoms with Crippen molar-refractivity contribution < 1.29 is 9.59 Å². The molecule has 1 aromatic heterocycles. The highest BCUT2D eigenvalue weighted by Gasteiger charge is 2.31. The molecule has 1 saturated heterocycles. The van der Waals surface area contributed by atoms with Gasteiger partial charge in [-0.2, -0.15) is 0 Å². The van der Waals surface area contributed by atoms with Crippen LogP contribution >= 0.6 is 0 Å². The van der Waals surface area contributed by atoms with Gasteiger partial charge in [0.1, 0.15) is 5.82 Å². The van der Waals surface area contributed by atoms with E-state index in [1.54, 1.807) is 23.4 Å². The lowest BCUT2D eigenvalue weighted by Gasteiger charge is -2.34. The zero-order valence-electron chi connectivity index (χ0n) is 13.2. The van der Waals surface area contributed by atoms with Crippen LogP contribution in [0, 0.1) is 0 Å². The van der Waals surface area contributed by atoms with E-state index in [-0.39, 0.29) is 18.0 Å². The number of carbonyl (C=O) groups is 2. The SMILES string of the molecule is O=C1NCc2cccc(NC(=O)N3CCCC[C@@H]3c3ncc[nH]3)c21. The fourth-order valence-electron chi connectivity index (χ4n) is 3.49. The van der Waals surface area contributed by atoms with Crippen molar-refractivity contribution in [3.05, 3.63) is 47.5 Å². The van der Waals surface area contributed by atoms with Crippen molar-refractivity contribution in [1.82, 2.24) is 20.2 Å². The molecule has 0 radical (unpaired) electrons. The van der Waals surface area contributed by atoms with Crippen LogP contribution in [-0.4, -0.2) is 33.4 Å². The van der Waals surface area contributed by atoms with E-state index in [2.05, 4.69) is 20.6 Å². The largest absolute Gasteiger partial charge is 0.348 e. The van der Waals surface area contributed by atoms with Crippen molar-refractivity contribution >= 4 is 17.6 Å². The molecule has 124 valence electrons. The van der Waals surface area contributed by atoms with E-state index >= 15 is 0 Å². The molecule has 3 heterocycles. The van der Waals surface area contributed by atoms with Crippen LogP contribution in [0.5, 0.6) is 0 Å². The van der Waals surface area contributed by atoms with Crippen LogP contribution < -0.4 is 10.6 Å². The minimum atomic E-state index is -0.191. The van der Waals surface area contributed by atoms with Gasteiger partial charge in [0.25, 0.3) is 5.91 Å². The topological polar surface area (TPSA) is 90.1 Å². The monoisotopic (exact) mass is 325 g/mol. The molecule has 24 heavy (non-hydrogen) atoms. The number of aromatic nitrogens is 2. The van der Waals surface area contributed by atoms with Crippen LogP contribution in [0.1, 0.15) is 47.1 Å². The molecule has 0 spiro atoms. The molecular weight excluding hydrogens is 306 g/mol. The van der Waals surface area contributed by atoms with Crippen LogP contribution in [0.3, 0.4) is 0 Å². The van der Waals surface area contributed by atoms with Gasteiger partial charge in [0.05, 0.1) is 17.3 Å². The van der Waals surface area contributed by atoms with Crippen LogP contribution in [0.4, 0.5) is 10.5 Å². The van der Waals surface area contributed by atoms with Gasteiger partial charge in [-0.25, -0.2) is 9.78 Å². The van der Waals surface area contributed by atoms with Gasteiger partial charge < -0.3 is 20.5 Å². The van der Waals surface area contributed by atoms with Gasteiger partial charge >= 0.3 is 6.03 Å². The summed E-state index contributed by atoms with van der Waals surface area (Å²) in [6.07, 6.45) is 6.40. The summed E-state index contributed by atoms with van der Waals surface area (Å²) in [7, 11) is 0. The number of carbonyl (C=O) groups excluding carboxylic acids is 2. The predicted molar refractivity (Wildman–Crippen MR) is 88.5 cm³/mol. The summed E-state index contributed by atoms with van der Waals surface area (Å²) < 4.78 is 0. The van der Waals surface area contributed by atoms with E-state index in [0.29, 0.717) is 24.3 Å². The van der Waals surface area contributed by atoms with Gasteiger partial charge in [0, 0.05) is 25.5 Å². The van der Waals surface area contributed by atoms with E-state index in [1.165, 1.54) is 0 Å². The Morgan fingerprint density at radius 3 is 3.08 bits per heavy atom. The van der Waals surface area contributed by atoms with Crippen LogP contribution in [0.2, 0.25) is 0 Å². The molecule has 3 N–H and O–H groups in total. The van der Waals surface area contributed by atoms with Crippen molar-refractivity contribution in [3.8, 4) is 0 Å². The summed E-state index contributed by atoms with van der Waals surface area (Å²) in [4.78, 5) is 34.0. The molecule has 0 unspecified atom stereocenters. The maximum Gasteiger partial charge on any atom is 0.322 e. The Hall–Kier alpha value is -2.83. The summed E-state index contributed by atoms with van der Waals surface area (Å²) in [5.74, 6) is 0.669. The van der Waals surface area contributed by atoms with Crippen LogP contribution in [-0.2, 0) is 6.54 Å². The molecule has 2 aromatic rings. The number of nitrogens with zero attached hydrogens (tertiary/aromatic N) is 2. The lowest BCUT2D eigenvalue weighted by molar-refractivity contribution is 0.0966. The second-order valence-electron chi connectivity index (χ2n) is 6.13. The number of nitrogens with one attached hydrogen (secondary N) is 3. The zero-order chi connectivity index (χ0) is 16.5. The van der Waals surface area contributed by atoms with E-state index in [9.17, 15) is 9.59 Å². The lowest BCUT2D eigenvalue weighted by atomic mass is 10.0. The molecule has 1 fully saturated rings. The number of piperidine rings is 1. The molecule has 0 aliphatic carbocycles. The third-order valence-electron chi connectivity index (χ3n) is 4.66. The van der Waals surface area contributed by atoms with Crippen LogP contribution in [0.15, 0.2) is 30.6 Å². The fourth-order valence-corrected chi connectivity index (χ4v) is 3.49. The Bertz CT molecular complexity index is 771. The third-order valence-corrected chi connectivity index (χ3v) is 4.66. The number of urea groups is 1. The van der Waals surface area contributed by atoms with Crippen molar-refractivity contribution in [2.24, 2.45) is 0 Å². The van der Waals surface area contributed by atoms with E-state index in [0.717, 1.165) is 30.7 Å². The molecule has 7 heteroatoms. The highest BCUT2D eigenvalue weighted by molar-refractivity contribution is 6.06. The molecule has 7 nitrogen and oxygen atoms in total. The van der Waals surface area contributed by atoms with Gasteiger partial charge in [-0.3, -0.25) is 4.79 Å². The maximum atomic E-state index is 12.8. The molecule has 1 atom stereocenters. The van der Waals surface area contributed by atoms with Crippen LogP contribution in [0.25, 0.3) is 0 Å². The molecule has 1 aromatic carbocycles. The summed E-state index contributed by atoms with van der Waals surface area (Å²) in [5.41, 5.74) is 2.05. The summed E-state index contributed by atoms with van der Waals surface area (Å²) in [5, 5.41) is 5.71. The number of amides is 3. The Balaban J connectivity index is 1.58. The standard InChI is InChI=1S/C17H19N5O2/c23-16-14-11(10-20-16)4-3-5-12(14)21-17(24)22-9-2-1-6-13(22)15-18-7-8-19-15/h3-5,7-8,13H,1-2,6,9-10H2,(H,18,19)(H,20,23)(H,21,24)/t13-/m1/s1. The summed E-state index contributed by atoms with van der Waals surface area (Å²) in [6.45, 7) is 1.19. The van der Waals surface area contributed by atoms with Gasteiger partial charge in [0.15, 0.2) is 0 Å². The van der Waals surface area contributed by atoms with Gasteiger partial charge in [-0.15, -0.1) is 0 Å². The van der Waals surface area contributed by atoms with E-state index < -0.39 is 0 Å². The predicted octanol–water partition coefficient (Wildman–Crippen LogP) is 2.41. The van der Waals surface area contributed by atoms with Crippen molar-refractivity contribution in [1.29, 1.82) is 0 Å². The van der Waals surface area contributed by atoms with Gasteiger partial charge in [-0.05, 0) is 30.9 Å². The second-order valence-corrected chi connectivity index (χ2v) is 6.13. The number of aromatic amines is 1. The number of hydrogen-bond donors (Lipinski definition) is 3. The summed E-state index contributed by atoms with van der Waals surface area (Å²) in [6, 6.07) is 5.28. The van der Waals surface area contributed by atoms with E-state index in [4.69, 9.17) is 0 Å². The maximum absolute atomic E-state index is 12.8. The fraction of sp³-hybridized carbons (Fsp3) is 0.353. The highest BCUT2D eigenvalue weighted by atomic mass is 16.2. The molecule has 0 saturated carbocycles. The average molecular weight is 325 g/mol. The number of H-pyrrole nitrogens is 1. The van der Waals surface area contributed by atoms with Gasteiger partial charge in [0.2, 0.25) is 0 Å². The summed E-state index contributed by atoms with van der Waals surface area (Å²) >= 11 is 0. The quantitative estimate of drug-likeness (QED) is 0.792. The Morgan fingerprint density at radius 1 is 1.33 bits per heavy atom. The van der Waals surface area contributed by atoms with E-state index in [1.807, 2.05) is 12.1 Å². The number of likely N-dealkylation sites (tertiary alicyclic amines) is 1. The molecule has 2 aliphatic heterocycles. The molecule has 3 amide bonds. The molecule has 0 bridgehead atoms. The first kappa shape index (κ1) is 14.7. The smallest absolute Gasteiger partial charge is 0.322 e. The number of anilines is 1. The normalized spacial score (nSPS) is 19.8. The van der Waals surface area contributed by atoms with Crippen molar-refractivity contribution in [2.45, 2.75) is 31.8 Å². The number of rotatable bonds is 2.